The Bertz CT molecular complexity index is 1950. The van der Waals surface area contributed by atoms with Gasteiger partial charge in [0.05, 0.1) is 29.3 Å². The first kappa shape index (κ1) is 35.0. The van der Waals surface area contributed by atoms with Crippen molar-refractivity contribution in [2.45, 2.75) is 38.1 Å². The number of hydrogen-bond donors (Lipinski definition) is 2. The molecule has 1 amide bonds. The van der Waals surface area contributed by atoms with Crippen molar-refractivity contribution in [1.29, 1.82) is 0 Å². The number of amides is 1. The molecule has 11 heteroatoms. The third-order valence-electron chi connectivity index (χ3n) is 9.75. The number of carbonyl (C=O) groups is 1. The molecule has 2 aliphatic heterocycles. The van der Waals surface area contributed by atoms with Crippen LogP contribution in [-0.4, -0.2) is 64.6 Å². The second-order valence-electron chi connectivity index (χ2n) is 13.1. The summed E-state index contributed by atoms with van der Waals surface area (Å²) in [5.41, 5.74) is 7.44. The van der Waals surface area contributed by atoms with Crippen molar-refractivity contribution in [2.75, 3.05) is 37.6 Å². The number of piperazine rings is 1. The summed E-state index contributed by atoms with van der Waals surface area (Å²) in [4.78, 5) is 32.1. The van der Waals surface area contributed by atoms with Crippen LogP contribution in [-0.2, 0) is 22.6 Å². The van der Waals surface area contributed by atoms with Crippen LogP contribution in [0.4, 0.5) is 11.4 Å². The number of anilines is 1. The first-order valence-corrected chi connectivity index (χ1v) is 17.5. The van der Waals surface area contributed by atoms with Crippen molar-refractivity contribution < 1.29 is 24.3 Å². The number of ether oxygens (including phenoxy) is 2. The summed E-state index contributed by atoms with van der Waals surface area (Å²) < 4.78 is 13.3. The van der Waals surface area contributed by atoms with Gasteiger partial charge in [0.25, 0.3) is 11.6 Å². The molecule has 11 nitrogen and oxygen atoms in total. The number of nitro benzene ring substituents is 1. The molecule has 3 unspecified atom stereocenters. The first-order valence-electron chi connectivity index (χ1n) is 17.5. The first-order chi connectivity index (χ1) is 25.4. The number of nitrogens with one attached hydrogen (secondary N) is 1. The van der Waals surface area contributed by atoms with Gasteiger partial charge in [-0.05, 0) is 52.1 Å². The van der Waals surface area contributed by atoms with Gasteiger partial charge in [-0.15, -0.1) is 0 Å². The van der Waals surface area contributed by atoms with E-state index in [2.05, 4.69) is 38.3 Å². The molecular formula is C41H41N5O6. The molecule has 2 aliphatic rings. The second kappa shape index (κ2) is 16.3. The smallest absolute Gasteiger partial charge is 0.269 e. The molecular weight excluding hydrogens is 658 g/mol. The van der Waals surface area contributed by atoms with Gasteiger partial charge in [0.15, 0.2) is 6.29 Å². The fourth-order valence-electron chi connectivity index (χ4n) is 6.85. The zero-order valence-electron chi connectivity index (χ0n) is 28.7. The van der Waals surface area contributed by atoms with E-state index >= 15 is 0 Å². The Morgan fingerprint density at radius 1 is 0.865 bits per heavy atom. The fourth-order valence-corrected chi connectivity index (χ4v) is 6.85. The molecule has 7 rings (SSSR count). The molecule has 52 heavy (non-hydrogen) atoms. The number of non-ortho nitro benzene ring substituents is 1. The molecule has 0 saturated carbocycles. The predicted octanol–water partition coefficient (Wildman–Crippen LogP) is 6.45. The number of nitro groups is 1. The summed E-state index contributed by atoms with van der Waals surface area (Å²) in [5, 5.41) is 23.7. The van der Waals surface area contributed by atoms with Gasteiger partial charge in [0, 0.05) is 81.5 Å². The maximum atomic E-state index is 12.7. The van der Waals surface area contributed by atoms with Crippen LogP contribution in [0.1, 0.15) is 51.4 Å². The van der Waals surface area contributed by atoms with Crippen LogP contribution in [0.25, 0.3) is 11.1 Å². The zero-order chi connectivity index (χ0) is 35.9. The van der Waals surface area contributed by atoms with Crippen LogP contribution < -0.4 is 10.2 Å². The average Bonchev–Trinajstić information content (AvgIpc) is 3.20. The second-order valence-corrected chi connectivity index (χ2v) is 13.1. The lowest BCUT2D eigenvalue weighted by molar-refractivity contribution is -0.384. The monoisotopic (exact) mass is 699 g/mol. The van der Waals surface area contributed by atoms with Crippen molar-refractivity contribution in [2.24, 2.45) is 0 Å². The third kappa shape index (κ3) is 8.35. The number of nitrogens with zero attached hydrogens (tertiary/aromatic N) is 4. The molecule has 266 valence electrons. The highest BCUT2D eigenvalue weighted by molar-refractivity contribution is 5.93. The van der Waals surface area contributed by atoms with Crippen LogP contribution in [0.15, 0.2) is 122 Å². The quantitative estimate of drug-likeness (QED) is 0.118. The zero-order valence-corrected chi connectivity index (χ0v) is 28.7. The SMILES string of the molecule is O=C(NCc1ccccc1-c1ccc(C2OC(CN3CCN(c4ccc([N+](=O)[O-])cc4)CC3)CC(c3ccc(CO)cc3)O2)cc1)c1cccnc1. The highest BCUT2D eigenvalue weighted by atomic mass is 16.7. The van der Waals surface area contributed by atoms with Gasteiger partial charge in [-0.25, -0.2) is 0 Å². The van der Waals surface area contributed by atoms with Crippen LogP contribution in [0.3, 0.4) is 0 Å². The maximum Gasteiger partial charge on any atom is 0.269 e. The van der Waals surface area contributed by atoms with Crippen LogP contribution >= 0.6 is 0 Å². The summed E-state index contributed by atoms with van der Waals surface area (Å²) in [6, 6.07) is 34.4. The Labute approximate surface area is 302 Å². The largest absolute Gasteiger partial charge is 0.392 e. The number of rotatable bonds is 11. The summed E-state index contributed by atoms with van der Waals surface area (Å²) in [6.45, 7) is 4.41. The minimum Gasteiger partial charge on any atom is -0.392 e. The molecule has 4 aromatic carbocycles. The van der Waals surface area contributed by atoms with Gasteiger partial charge in [-0.1, -0.05) is 72.8 Å². The lowest BCUT2D eigenvalue weighted by Crippen LogP contribution is -2.49. The Kier molecular flexibility index (Phi) is 10.9. The Balaban J connectivity index is 1.04. The molecule has 0 spiro atoms. The molecule has 0 radical (unpaired) electrons. The van der Waals surface area contributed by atoms with E-state index in [0.717, 1.165) is 71.8 Å². The molecule has 3 atom stereocenters. The Morgan fingerprint density at radius 3 is 2.29 bits per heavy atom. The Hall–Kier alpha value is -5.46. The molecule has 5 aromatic rings. The van der Waals surface area contributed by atoms with Crippen molar-refractivity contribution in [3.05, 3.63) is 160 Å². The normalized spacial score (nSPS) is 19.2. The summed E-state index contributed by atoms with van der Waals surface area (Å²) in [5.74, 6) is -0.175. The van der Waals surface area contributed by atoms with E-state index in [9.17, 15) is 20.0 Å². The number of aliphatic hydroxyl groups excluding tert-OH is 1. The summed E-state index contributed by atoms with van der Waals surface area (Å²) in [6.07, 6.45) is 3.03. The maximum absolute atomic E-state index is 12.7. The highest BCUT2D eigenvalue weighted by Gasteiger charge is 2.34. The van der Waals surface area contributed by atoms with Gasteiger partial charge in [0.1, 0.15) is 0 Å². The van der Waals surface area contributed by atoms with E-state index in [0.29, 0.717) is 18.5 Å². The highest BCUT2D eigenvalue weighted by Crippen LogP contribution is 2.39. The molecule has 2 fully saturated rings. The van der Waals surface area contributed by atoms with E-state index in [1.54, 1.807) is 36.7 Å². The van der Waals surface area contributed by atoms with Crippen molar-refractivity contribution in [1.82, 2.24) is 15.2 Å². The molecule has 0 aliphatic carbocycles. The number of aromatic nitrogens is 1. The Morgan fingerprint density at radius 2 is 1.60 bits per heavy atom. The van der Waals surface area contributed by atoms with E-state index in [1.807, 2.05) is 66.7 Å². The molecule has 1 aromatic heterocycles. The topological polar surface area (TPSA) is 130 Å². The van der Waals surface area contributed by atoms with Gasteiger partial charge >= 0.3 is 0 Å². The van der Waals surface area contributed by atoms with Gasteiger partial charge < -0.3 is 24.8 Å². The molecule has 3 heterocycles. The van der Waals surface area contributed by atoms with Gasteiger partial charge in [-0.3, -0.25) is 24.8 Å². The molecule has 0 bridgehead atoms. The fraction of sp³-hybridized carbons (Fsp3) is 0.268. The summed E-state index contributed by atoms with van der Waals surface area (Å²) in [7, 11) is 0. The lowest BCUT2D eigenvalue weighted by Gasteiger charge is -2.41. The predicted molar refractivity (Wildman–Crippen MR) is 197 cm³/mol. The lowest BCUT2D eigenvalue weighted by atomic mass is 9.97. The van der Waals surface area contributed by atoms with Crippen LogP contribution in [0.5, 0.6) is 0 Å². The number of pyridine rings is 1. The minimum atomic E-state index is -0.578. The van der Waals surface area contributed by atoms with E-state index < -0.39 is 6.29 Å². The van der Waals surface area contributed by atoms with Crippen LogP contribution in [0, 0.1) is 10.1 Å². The van der Waals surface area contributed by atoms with Gasteiger partial charge in [-0.2, -0.15) is 0 Å². The van der Waals surface area contributed by atoms with E-state index in [1.165, 1.54) is 0 Å². The number of carbonyl (C=O) groups excluding carboxylic acids is 1. The minimum absolute atomic E-state index is 0.0155. The van der Waals surface area contributed by atoms with Crippen molar-refractivity contribution in [3.8, 4) is 11.1 Å². The van der Waals surface area contributed by atoms with Crippen LogP contribution in [0.2, 0.25) is 0 Å². The van der Waals surface area contributed by atoms with Crippen molar-refractivity contribution in [3.63, 3.8) is 0 Å². The van der Waals surface area contributed by atoms with E-state index in [-0.39, 0.29) is 35.3 Å². The average molecular weight is 700 g/mol. The number of hydrogen-bond acceptors (Lipinski definition) is 9. The molecule has 2 N–H and O–H groups in total. The standard InChI is InChI=1S/C41H41N5O6/c47-28-29-7-9-31(10-8-29)39-24-37(27-44-20-22-45(23-21-44)35-15-17-36(18-16-35)46(49)50)51-41(52-39)32-13-11-30(12-14-32)38-6-2-1-4-33(38)26-43-40(48)34-5-3-19-42-25-34/h1-19,25,37,39,41,47H,20-24,26-28H2,(H,43,48). The summed E-state index contributed by atoms with van der Waals surface area (Å²) >= 11 is 0. The van der Waals surface area contributed by atoms with Crippen molar-refractivity contribution >= 4 is 17.3 Å². The number of aliphatic hydroxyl groups is 1. The molecule has 2 saturated heterocycles. The third-order valence-corrected chi connectivity index (χ3v) is 9.75. The van der Waals surface area contributed by atoms with Gasteiger partial charge in [0.2, 0.25) is 0 Å². The number of benzene rings is 4. The van der Waals surface area contributed by atoms with E-state index in [4.69, 9.17) is 9.47 Å².